The zero-order chi connectivity index (χ0) is 19.8. The number of anilines is 1. The Bertz CT molecular complexity index is 748. The Morgan fingerprint density at radius 1 is 1.07 bits per heavy atom. The minimum atomic E-state index is 0.0195. The number of aryl methyl sites for hydroxylation is 2. The number of ether oxygens (including phenoxy) is 2. The van der Waals surface area contributed by atoms with Gasteiger partial charge < -0.3 is 14.8 Å². The molecular weight excluding hydrogens is 352 g/mol. The molecule has 0 spiro atoms. The molecule has 2 aromatic carbocycles. The molecule has 0 atom stereocenters. The van der Waals surface area contributed by atoms with Crippen molar-refractivity contribution in [2.24, 2.45) is 0 Å². The number of rotatable bonds is 8. The fourth-order valence-electron chi connectivity index (χ4n) is 3.37. The van der Waals surface area contributed by atoms with Gasteiger partial charge in [0.1, 0.15) is 5.75 Å². The molecule has 1 N–H and O–H groups in total. The van der Waals surface area contributed by atoms with Crippen LogP contribution in [0, 0.1) is 13.8 Å². The Kier molecular flexibility index (Phi) is 7.46. The third-order valence-electron chi connectivity index (χ3n) is 4.95. The van der Waals surface area contributed by atoms with Crippen molar-refractivity contribution in [3.8, 4) is 5.75 Å². The Morgan fingerprint density at radius 2 is 1.75 bits per heavy atom. The molecule has 5 nitrogen and oxygen atoms in total. The standard InChI is InChI=1S/C23H30N2O3/c1-18-5-3-6-19(2)23(18)28-14-4-7-22(26)24-21-10-8-20(9-11-21)17-25-12-15-27-16-13-25/h3,5-6,8-11H,4,7,12-17H2,1-2H3,(H,24,26). The summed E-state index contributed by atoms with van der Waals surface area (Å²) < 4.78 is 11.2. The number of para-hydroxylation sites is 1. The maximum atomic E-state index is 12.2. The zero-order valence-electron chi connectivity index (χ0n) is 16.9. The van der Waals surface area contributed by atoms with Gasteiger partial charge in [0.05, 0.1) is 19.8 Å². The lowest BCUT2D eigenvalue weighted by molar-refractivity contribution is -0.116. The van der Waals surface area contributed by atoms with Crippen molar-refractivity contribution in [2.45, 2.75) is 33.2 Å². The summed E-state index contributed by atoms with van der Waals surface area (Å²) >= 11 is 0. The summed E-state index contributed by atoms with van der Waals surface area (Å²) in [6, 6.07) is 14.2. The van der Waals surface area contributed by atoms with Gasteiger partial charge in [-0.3, -0.25) is 9.69 Å². The highest BCUT2D eigenvalue weighted by Crippen LogP contribution is 2.22. The maximum absolute atomic E-state index is 12.2. The molecule has 0 aliphatic carbocycles. The first kappa shape index (κ1) is 20.4. The number of carbonyl (C=O) groups excluding carboxylic acids is 1. The van der Waals surface area contributed by atoms with E-state index in [1.165, 1.54) is 5.56 Å². The molecule has 0 radical (unpaired) electrons. The van der Waals surface area contributed by atoms with Crippen LogP contribution in [0.3, 0.4) is 0 Å². The Hall–Kier alpha value is -2.37. The van der Waals surface area contributed by atoms with Crippen molar-refractivity contribution in [1.82, 2.24) is 4.90 Å². The lowest BCUT2D eigenvalue weighted by atomic mass is 10.1. The van der Waals surface area contributed by atoms with E-state index in [-0.39, 0.29) is 5.91 Å². The van der Waals surface area contributed by atoms with E-state index in [9.17, 15) is 4.79 Å². The molecule has 150 valence electrons. The van der Waals surface area contributed by atoms with Gasteiger partial charge in [-0.1, -0.05) is 30.3 Å². The van der Waals surface area contributed by atoms with Gasteiger partial charge in [-0.2, -0.15) is 0 Å². The summed E-state index contributed by atoms with van der Waals surface area (Å²) in [5.74, 6) is 0.949. The second kappa shape index (κ2) is 10.2. The van der Waals surface area contributed by atoms with E-state index in [0.29, 0.717) is 19.4 Å². The van der Waals surface area contributed by atoms with Gasteiger partial charge in [-0.05, 0) is 49.1 Å². The van der Waals surface area contributed by atoms with Crippen LogP contribution in [0.15, 0.2) is 42.5 Å². The van der Waals surface area contributed by atoms with Crippen molar-refractivity contribution in [2.75, 3.05) is 38.2 Å². The van der Waals surface area contributed by atoms with Crippen LogP contribution in [0.1, 0.15) is 29.5 Å². The van der Waals surface area contributed by atoms with E-state index in [4.69, 9.17) is 9.47 Å². The molecule has 1 heterocycles. The molecule has 1 aliphatic heterocycles. The minimum absolute atomic E-state index is 0.0195. The summed E-state index contributed by atoms with van der Waals surface area (Å²) in [5, 5.41) is 2.97. The lowest BCUT2D eigenvalue weighted by Gasteiger charge is -2.26. The molecule has 0 unspecified atom stereocenters. The highest BCUT2D eigenvalue weighted by molar-refractivity contribution is 5.90. The van der Waals surface area contributed by atoms with Gasteiger partial charge >= 0.3 is 0 Å². The van der Waals surface area contributed by atoms with Crippen LogP contribution in [-0.4, -0.2) is 43.7 Å². The van der Waals surface area contributed by atoms with Crippen molar-refractivity contribution in [3.63, 3.8) is 0 Å². The molecule has 1 aliphatic rings. The first-order chi connectivity index (χ1) is 13.6. The topological polar surface area (TPSA) is 50.8 Å². The minimum Gasteiger partial charge on any atom is -0.493 e. The summed E-state index contributed by atoms with van der Waals surface area (Å²) in [5.41, 5.74) is 4.34. The molecule has 0 aromatic heterocycles. The molecular formula is C23H30N2O3. The van der Waals surface area contributed by atoms with Gasteiger partial charge in [0.15, 0.2) is 0 Å². The quantitative estimate of drug-likeness (QED) is 0.703. The Morgan fingerprint density at radius 3 is 2.43 bits per heavy atom. The first-order valence-corrected chi connectivity index (χ1v) is 10.00. The molecule has 0 bridgehead atoms. The van der Waals surface area contributed by atoms with Crippen LogP contribution >= 0.6 is 0 Å². The third kappa shape index (κ3) is 6.08. The van der Waals surface area contributed by atoms with Crippen molar-refractivity contribution < 1.29 is 14.3 Å². The van der Waals surface area contributed by atoms with Crippen molar-refractivity contribution >= 4 is 11.6 Å². The second-order valence-electron chi connectivity index (χ2n) is 7.31. The van der Waals surface area contributed by atoms with Crippen LogP contribution in [0.5, 0.6) is 5.75 Å². The molecule has 0 saturated carbocycles. The van der Waals surface area contributed by atoms with Crippen LogP contribution < -0.4 is 10.1 Å². The molecule has 1 fully saturated rings. The first-order valence-electron chi connectivity index (χ1n) is 10.00. The molecule has 2 aromatic rings. The monoisotopic (exact) mass is 382 g/mol. The zero-order valence-corrected chi connectivity index (χ0v) is 16.9. The van der Waals surface area contributed by atoms with E-state index in [1.807, 2.05) is 44.2 Å². The SMILES string of the molecule is Cc1cccc(C)c1OCCCC(=O)Nc1ccc(CN2CCOCC2)cc1. The van der Waals surface area contributed by atoms with Gasteiger partial charge in [0.25, 0.3) is 0 Å². The fraction of sp³-hybridized carbons (Fsp3) is 0.435. The summed E-state index contributed by atoms with van der Waals surface area (Å²) in [4.78, 5) is 14.6. The largest absolute Gasteiger partial charge is 0.493 e. The maximum Gasteiger partial charge on any atom is 0.224 e. The predicted octanol–water partition coefficient (Wildman–Crippen LogP) is 3.93. The molecule has 28 heavy (non-hydrogen) atoms. The molecule has 5 heteroatoms. The van der Waals surface area contributed by atoms with E-state index in [0.717, 1.165) is 55.4 Å². The molecule has 1 amide bonds. The molecule has 3 rings (SSSR count). The van der Waals surface area contributed by atoms with E-state index in [2.05, 4.69) is 22.3 Å². The van der Waals surface area contributed by atoms with Crippen LogP contribution in [0.25, 0.3) is 0 Å². The lowest BCUT2D eigenvalue weighted by Crippen LogP contribution is -2.35. The van der Waals surface area contributed by atoms with Gasteiger partial charge in [-0.15, -0.1) is 0 Å². The van der Waals surface area contributed by atoms with Crippen molar-refractivity contribution in [3.05, 3.63) is 59.2 Å². The highest BCUT2D eigenvalue weighted by Gasteiger charge is 2.11. The number of benzene rings is 2. The Labute approximate surface area is 167 Å². The number of nitrogens with zero attached hydrogens (tertiary/aromatic N) is 1. The Balaban J connectivity index is 1.38. The van der Waals surface area contributed by atoms with Crippen LogP contribution in [0.2, 0.25) is 0 Å². The second-order valence-corrected chi connectivity index (χ2v) is 7.31. The highest BCUT2D eigenvalue weighted by atomic mass is 16.5. The number of hydrogen-bond acceptors (Lipinski definition) is 4. The van der Waals surface area contributed by atoms with Crippen molar-refractivity contribution in [1.29, 1.82) is 0 Å². The fourth-order valence-corrected chi connectivity index (χ4v) is 3.37. The predicted molar refractivity (Wildman–Crippen MR) is 112 cm³/mol. The number of hydrogen-bond donors (Lipinski definition) is 1. The van der Waals surface area contributed by atoms with Gasteiger partial charge in [0.2, 0.25) is 5.91 Å². The summed E-state index contributed by atoms with van der Waals surface area (Å²) in [7, 11) is 0. The van der Waals surface area contributed by atoms with Gasteiger partial charge in [-0.25, -0.2) is 0 Å². The normalized spacial score (nSPS) is 14.6. The van der Waals surface area contributed by atoms with E-state index in [1.54, 1.807) is 0 Å². The van der Waals surface area contributed by atoms with Gasteiger partial charge in [0, 0.05) is 31.7 Å². The van der Waals surface area contributed by atoms with E-state index >= 15 is 0 Å². The number of nitrogens with one attached hydrogen (secondary N) is 1. The van der Waals surface area contributed by atoms with Crippen LogP contribution in [0.4, 0.5) is 5.69 Å². The average Bonchev–Trinajstić information content (AvgIpc) is 2.69. The molecule has 1 saturated heterocycles. The smallest absolute Gasteiger partial charge is 0.224 e. The third-order valence-corrected chi connectivity index (χ3v) is 4.95. The number of carbonyl (C=O) groups is 1. The number of amides is 1. The van der Waals surface area contributed by atoms with E-state index < -0.39 is 0 Å². The summed E-state index contributed by atoms with van der Waals surface area (Å²) in [6.45, 7) is 9.11. The van der Waals surface area contributed by atoms with Crippen LogP contribution in [-0.2, 0) is 16.1 Å². The summed E-state index contributed by atoms with van der Waals surface area (Å²) in [6.07, 6.45) is 1.13. The number of morpholine rings is 1. The average molecular weight is 383 g/mol.